The molecule has 9 heteroatoms. The zero-order chi connectivity index (χ0) is 16.4. The number of nitrogens with zero attached hydrogens (tertiary/aromatic N) is 1. The predicted molar refractivity (Wildman–Crippen MR) is 76.8 cm³/mol. The van der Waals surface area contributed by atoms with Crippen LogP contribution in [0.25, 0.3) is 0 Å². The molecule has 1 unspecified atom stereocenters. The van der Waals surface area contributed by atoms with Crippen molar-refractivity contribution in [1.82, 2.24) is 4.31 Å². The molecule has 6 nitrogen and oxygen atoms in total. The van der Waals surface area contributed by atoms with E-state index in [1.54, 1.807) is 0 Å². The van der Waals surface area contributed by atoms with E-state index in [-0.39, 0.29) is 17.3 Å². The second-order valence-electron chi connectivity index (χ2n) is 4.52. The SMILES string of the molecule is COC(=O)C(C)CN(C)S(=O)(=O)c1cc(Cl)cc(N)c1F. The van der Waals surface area contributed by atoms with Gasteiger partial charge in [-0.25, -0.2) is 12.8 Å². The van der Waals surface area contributed by atoms with E-state index in [1.165, 1.54) is 21.1 Å². The Bertz CT molecular complexity index is 651. The molecule has 0 amide bonds. The first-order chi connectivity index (χ1) is 9.61. The third-order valence-electron chi connectivity index (χ3n) is 2.85. The lowest BCUT2D eigenvalue weighted by molar-refractivity contribution is -0.144. The van der Waals surface area contributed by atoms with Gasteiger partial charge in [-0.2, -0.15) is 4.31 Å². The summed E-state index contributed by atoms with van der Waals surface area (Å²) in [7, 11) is -1.74. The molecule has 0 fully saturated rings. The molecule has 2 N–H and O–H groups in total. The van der Waals surface area contributed by atoms with Crippen molar-refractivity contribution >= 4 is 33.3 Å². The van der Waals surface area contributed by atoms with Crippen LogP contribution in [0.1, 0.15) is 6.92 Å². The maximum absolute atomic E-state index is 13.9. The Morgan fingerprint density at radius 1 is 1.52 bits per heavy atom. The van der Waals surface area contributed by atoms with E-state index in [9.17, 15) is 17.6 Å². The minimum Gasteiger partial charge on any atom is -0.469 e. The summed E-state index contributed by atoms with van der Waals surface area (Å²) in [6.45, 7) is 1.33. The van der Waals surface area contributed by atoms with Crippen LogP contribution >= 0.6 is 11.6 Å². The van der Waals surface area contributed by atoms with Crippen LogP contribution in [0.5, 0.6) is 0 Å². The quantitative estimate of drug-likeness (QED) is 0.649. The maximum atomic E-state index is 13.9. The van der Waals surface area contributed by atoms with Gasteiger partial charge in [-0.1, -0.05) is 18.5 Å². The number of nitrogens with two attached hydrogens (primary N) is 1. The molecule has 1 atom stereocenters. The van der Waals surface area contributed by atoms with Crippen LogP contribution < -0.4 is 5.73 Å². The normalized spacial score (nSPS) is 13.2. The fraction of sp³-hybridized carbons (Fsp3) is 0.417. The molecule has 0 aliphatic rings. The van der Waals surface area contributed by atoms with Crippen molar-refractivity contribution in [2.75, 3.05) is 26.4 Å². The van der Waals surface area contributed by atoms with Gasteiger partial charge in [0.1, 0.15) is 4.90 Å². The van der Waals surface area contributed by atoms with Gasteiger partial charge in [-0.15, -0.1) is 0 Å². The third kappa shape index (κ3) is 3.84. The highest BCUT2D eigenvalue weighted by molar-refractivity contribution is 7.89. The molecule has 1 rings (SSSR count). The van der Waals surface area contributed by atoms with Gasteiger partial charge in [0.15, 0.2) is 5.82 Å². The predicted octanol–water partition coefficient (Wildman–Crippen LogP) is 1.49. The average molecular weight is 339 g/mol. The van der Waals surface area contributed by atoms with Gasteiger partial charge >= 0.3 is 5.97 Å². The number of esters is 1. The van der Waals surface area contributed by atoms with Crippen LogP contribution in [0.15, 0.2) is 17.0 Å². The minimum absolute atomic E-state index is 0.00175. The lowest BCUT2D eigenvalue weighted by atomic mass is 10.2. The molecule has 21 heavy (non-hydrogen) atoms. The standard InChI is InChI=1S/C12H16ClFN2O4S/c1-7(12(17)20-3)6-16(2)21(18,19)10-5-8(13)4-9(15)11(10)14/h4-5,7H,6,15H2,1-3H3. The highest BCUT2D eigenvalue weighted by Gasteiger charge is 2.29. The van der Waals surface area contributed by atoms with Crippen LogP contribution in [0.4, 0.5) is 10.1 Å². The summed E-state index contributed by atoms with van der Waals surface area (Å²) in [6.07, 6.45) is 0. The number of nitrogen functional groups attached to an aromatic ring is 1. The van der Waals surface area contributed by atoms with Crippen molar-refractivity contribution in [3.63, 3.8) is 0 Å². The second-order valence-corrected chi connectivity index (χ2v) is 6.97. The zero-order valence-corrected chi connectivity index (χ0v) is 13.3. The summed E-state index contributed by atoms with van der Waals surface area (Å²) in [5, 5.41) is 0.00175. The molecule has 0 aliphatic carbocycles. The van der Waals surface area contributed by atoms with Crippen LogP contribution in [-0.2, 0) is 19.6 Å². The topological polar surface area (TPSA) is 89.7 Å². The van der Waals surface area contributed by atoms with E-state index >= 15 is 0 Å². The molecule has 0 bridgehead atoms. The number of hydrogen-bond donors (Lipinski definition) is 1. The molecule has 1 aromatic rings. The van der Waals surface area contributed by atoms with E-state index in [1.807, 2.05) is 0 Å². The second kappa shape index (κ2) is 6.59. The van der Waals surface area contributed by atoms with Crippen molar-refractivity contribution < 1.29 is 22.3 Å². The first-order valence-electron chi connectivity index (χ1n) is 5.90. The monoisotopic (exact) mass is 338 g/mol. The van der Waals surface area contributed by atoms with E-state index in [0.29, 0.717) is 0 Å². The Labute approximate surface area is 127 Å². The molecule has 0 aromatic heterocycles. The Morgan fingerprint density at radius 3 is 2.62 bits per heavy atom. The number of carbonyl (C=O) groups excluding carboxylic acids is 1. The summed E-state index contributed by atoms with van der Waals surface area (Å²) in [5.74, 6) is -2.34. The number of ether oxygens (including phenoxy) is 1. The van der Waals surface area contributed by atoms with Crippen LogP contribution in [-0.4, -0.2) is 39.4 Å². The highest BCUT2D eigenvalue weighted by Crippen LogP contribution is 2.27. The van der Waals surface area contributed by atoms with Crippen molar-refractivity contribution in [3.05, 3.63) is 23.0 Å². The molecule has 0 saturated carbocycles. The van der Waals surface area contributed by atoms with E-state index in [2.05, 4.69) is 4.74 Å². The lowest BCUT2D eigenvalue weighted by Crippen LogP contribution is -2.34. The molecule has 0 radical (unpaired) electrons. The number of hydrogen-bond acceptors (Lipinski definition) is 5. The highest BCUT2D eigenvalue weighted by atomic mass is 35.5. The van der Waals surface area contributed by atoms with Gasteiger partial charge in [0.2, 0.25) is 10.0 Å². The van der Waals surface area contributed by atoms with Crippen molar-refractivity contribution in [2.24, 2.45) is 5.92 Å². The van der Waals surface area contributed by atoms with Gasteiger partial charge in [0.05, 0.1) is 18.7 Å². The van der Waals surface area contributed by atoms with Gasteiger partial charge in [-0.3, -0.25) is 4.79 Å². The number of carbonyl (C=O) groups is 1. The fourth-order valence-corrected chi connectivity index (χ4v) is 3.37. The first kappa shape index (κ1) is 17.7. The van der Waals surface area contributed by atoms with Gasteiger partial charge < -0.3 is 10.5 Å². The molecule has 1 aromatic carbocycles. The van der Waals surface area contributed by atoms with Crippen LogP contribution in [0.3, 0.4) is 0 Å². The molecule has 0 aliphatic heterocycles. The number of halogens is 2. The summed E-state index contributed by atoms with van der Waals surface area (Å²) in [6, 6.07) is 2.09. The van der Waals surface area contributed by atoms with E-state index in [4.69, 9.17) is 17.3 Å². The molecular weight excluding hydrogens is 323 g/mol. The third-order valence-corrected chi connectivity index (χ3v) is 4.90. The van der Waals surface area contributed by atoms with Gasteiger partial charge in [-0.05, 0) is 12.1 Å². The lowest BCUT2D eigenvalue weighted by Gasteiger charge is -2.20. The average Bonchev–Trinajstić information content (AvgIpc) is 2.41. The Kier molecular flexibility index (Phi) is 5.54. The number of benzene rings is 1. The van der Waals surface area contributed by atoms with Gasteiger partial charge in [0, 0.05) is 18.6 Å². The summed E-state index contributed by atoms with van der Waals surface area (Å²) >= 11 is 5.71. The Morgan fingerprint density at radius 2 is 2.10 bits per heavy atom. The maximum Gasteiger partial charge on any atom is 0.309 e. The molecular formula is C12H16ClFN2O4S. The Balaban J connectivity index is 3.14. The zero-order valence-electron chi connectivity index (χ0n) is 11.8. The van der Waals surface area contributed by atoms with Crippen molar-refractivity contribution in [3.8, 4) is 0 Å². The van der Waals surface area contributed by atoms with Crippen LogP contribution in [0, 0.1) is 11.7 Å². The number of rotatable bonds is 5. The van der Waals surface area contributed by atoms with Gasteiger partial charge in [0.25, 0.3) is 0 Å². The van der Waals surface area contributed by atoms with Crippen LogP contribution in [0.2, 0.25) is 5.02 Å². The summed E-state index contributed by atoms with van der Waals surface area (Å²) in [5.41, 5.74) is 5.01. The van der Waals surface area contributed by atoms with Crippen molar-refractivity contribution in [1.29, 1.82) is 0 Å². The molecule has 0 spiro atoms. The molecule has 0 saturated heterocycles. The number of sulfonamides is 1. The smallest absolute Gasteiger partial charge is 0.309 e. The molecule has 118 valence electrons. The Hall–Kier alpha value is -1.38. The first-order valence-corrected chi connectivity index (χ1v) is 7.71. The molecule has 0 heterocycles. The van der Waals surface area contributed by atoms with Crippen molar-refractivity contribution in [2.45, 2.75) is 11.8 Å². The fourth-order valence-electron chi connectivity index (χ4n) is 1.70. The van der Waals surface area contributed by atoms with E-state index < -0.39 is 32.6 Å². The minimum atomic E-state index is -4.17. The number of methoxy groups -OCH3 is 1. The largest absolute Gasteiger partial charge is 0.469 e. The van der Waals surface area contributed by atoms with E-state index in [0.717, 1.165) is 16.4 Å². The summed E-state index contributed by atoms with van der Waals surface area (Å²) in [4.78, 5) is 10.7. The summed E-state index contributed by atoms with van der Waals surface area (Å²) < 4.78 is 43.9. The number of anilines is 1.